The molecule has 10 nitrogen and oxygen atoms in total. The number of rotatable bonds is 9. The lowest BCUT2D eigenvalue weighted by atomic mass is 10.1. The molecule has 206 valence electrons. The summed E-state index contributed by atoms with van der Waals surface area (Å²) in [6.07, 6.45) is 3.51. The molecule has 38 heavy (non-hydrogen) atoms. The Hall–Kier alpha value is -3.63. The molecule has 2 aromatic rings. The molecule has 1 atom stereocenters. The highest BCUT2D eigenvalue weighted by molar-refractivity contribution is 5.95. The molecule has 3 rings (SSSR count). The molecule has 0 unspecified atom stereocenters. The number of benzene rings is 2. The fourth-order valence-corrected chi connectivity index (χ4v) is 4.23. The third kappa shape index (κ3) is 9.35. The first kappa shape index (κ1) is 28.9. The number of fused-ring (bicyclic) bond motifs is 3. The van der Waals surface area contributed by atoms with Gasteiger partial charge in [0, 0.05) is 26.5 Å². The van der Waals surface area contributed by atoms with E-state index in [1.807, 2.05) is 18.2 Å². The van der Waals surface area contributed by atoms with Crippen molar-refractivity contribution in [2.45, 2.75) is 71.1 Å². The van der Waals surface area contributed by atoms with Crippen molar-refractivity contribution >= 4 is 23.4 Å². The van der Waals surface area contributed by atoms with E-state index in [0.717, 1.165) is 35.3 Å². The third-order valence-electron chi connectivity index (χ3n) is 6.22. The van der Waals surface area contributed by atoms with Crippen LogP contribution in [0, 0.1) is 0 Å². The predicted octanol–water partition coefficient (Wildman–Crippen LogP) is 3.64. The van der Waals surface area contributed by atoms with Gasteiger partial charge in [-0.3, -0.25) is 19.6 Å². The number of hydrogen-bond donors (Lipinski definition) is 4. The number of aryl methyl sites for hydroxylation is 1. The van der Waals surface area contributed by atoms with Crippen LogP contribution in [-0.4, -0.2) is 42.7 Å². The smallest absolute Gasteiger partial charge is 0.253 e. The van der Waals surface area contributed by atoms with Crippen LogP contribution in [0.25, 0.3) is 0 Å². The molecule has 3 amide bonds. The minimum absolute atomic E-state index is 0.149. The number of amides is 3. The van der Waals surface area contributed by atoms with Gasteiger partial charge in [0.05, 0.1) is 12.8 Å². The van der Waals surface area contributed by atoms with Gasteiger partial charge in [0.25, 0.3) is 5.91 Å². The first-order chi connectivity index (χ1) is 18.4. The van der Waals surface area contributed by atoms with Crippen LogP contribution in [0.4, 0.5) is 5.69 Å². The first-order valence-corrected chi connectivity index (χ1v) is 12.9. The van der Waals surface area contributed by atoms with Crippen LogP contribution in [0.5, 0.6) is 11.5 Å². The van der Waals surface area contributed by atoms with Crippen molar-refractivity contribution in [3.8, 4) is 11.5 Å². The minimum Gasteiger partial charge on any atom is -0.497 e. The topological polar surface area (TPSA) is 135 Å². The number of hydrogen-bond acceptors (Lipinski definition) is 7. The number of hydroxylamine groups is 1. The Morgan fingerprint density at radius 1 is 1.13 bits per heavy atom. The molecule has 0 fully saturated rings. The van der Waals surface area contributed by atoms with Gasteiger partial charge in [-0.2, -0.15) is 0 Å². The zero-order valence-electron chi connectivity index (χ0n) is 22.0. The molecule has 0 aliphatic carbocycles. The Kier molecular flexibility index (Phi) is 11.4. The summed E-state index contributed by atoms with van der Waals surface area (Å²) in [5.74, 6) is 0.395. The second-order valence-electron chi connectivity index (χ2n) is 9.30. The highest BCUT2D eigenvalue weighted by Gasteiger charge is 2.21. The average molecular weight is 528 g/mol. The standard InChI is InChI=1S/C28H37N3O7/c1-19(32)29-17-21-10-11-25-24(16-21)30-28(34)26(8-4-3-5-9-27(33)31-35)37-12-6-7-20-13-22(18-38-25)15-23(14-20)36-2/h10-11,13-16,26,35H,3-9,12,17-18H2,1-2H3,(H,29,32)(H,30,34)(H,31,33)/t26-/m0/s1. The second-order valence-corrected chi connectivity index (χ2v) is 9.30. The van der Waals surface area contributed by atoms with Crippen LogP contribution in [0.2, 0.25) is 0 Å². The Bertz CT molecular complexity index is 1110. The van der Waals surface area contributed by atoms with E-state index >= 15 is 0 Å². The molecule has 0 aromatic heterocycles. The number of methoxy groups -OCH3 is 1. The van der Waals surface area contributed by atoms with Crippen LogP contribution >= 0.6 is 0 Å². The van der Waals surface area contributed by atoms with E-state index in [9.17, 15) is 14.4 Å². The number of nitrogens with one attached hydrogen (secondary N) is 3. The van der Waals surface area contributed by atoms with Crippen LogP contribution in [-0.2, 0) is 38.7 Å². The Labute approximate surface area is 223 Å². The third-order valence-corrected chi connectivity index (χ3v) is 6.22. The molecule has 10 heteroatoms. The molecule has 1 aliphatic rings. The molecule has 1 aliphatic heterocycles. The van der Waals surface area contributed by atoms with Crippen molar-refractivity contribution in [2.75, 3.05) is 19.0 Å². The highest BCUT2D eigenvalue weighted by Crippen LogP contribution is 2.29. The van der Waals surface area contributed by atoms with Crippen molar-refractivity contribution < 1.29 is 33.8 Å². The molecular weight excluding hydrogens is 490 g/mol. The summed E-state index contributed by atoms with van der Waals surface area (Å²) in [6.45, 7) is 2.47. The van der Waals surface area contributed by atoms with E-state index in [1.165, 1.54) is 6.92 Å². The summed E-state index contributed by atoms with van der Waals surface area (Å²) in [4.78, 5) is 35.9. The summed E-state index contributed by atoms with van der Waals surface area (Å²) >= 11 is 0. The van der Waals surface area contributed by atoms with Gasteiger partial charge in [-0.15, -0.1) is 0 Å². The summed E-state index contributed by atoms with van der Waals surface area (Å²) in [5, 5.41) is 14.4. The van der Waals surface area contributed by atoms with Gasteiger partial charge < -0.3 is 24.8 Å². The van der Waals surface area contributed by atoms with Crippen molar-refractivity contribution in [1.82, 2.24) is 10.8 Å². The first-order valence-electron chi connectivity index (χ1n) is 12.9. The highest BCUT2D eigenvalue weighted by atomic mass is 16.5. The number of carbonyl (C=O) groups excluding carboxylic acids is 3. The van der Waals surface area contributed by atoms with Gasteiger partial charge in [0.2, 0.25) is 11.8 Å². The normalized spacial score (nSPS) is 15.8. The maximum absolute atomic E-state index is 13.3. The van der Waals surface area contributed by atoms with Crippen molar-refractivity contribution in [3.05, 3.63) is 53.1 Å². The average Bonchev–Trinajstić information content (AvgIpc) is 2.91. The summed E-state index contributed by atoms with van der Waals surface area (Å²) in [7, 11) is 1.63. The zero-order valence-corrected chi connectivity index (χ0v) is 22.0. The molecule has 4 N–H and O–H groups in total. The Balaban J connectivity index is 1.81. The SMILES string of the molecule is COc1cc2cc(c1)COc1ccc(CNC(C)=O)cc1NC(=O)[C@H](CCCCCC(=O)NO)OCCC2. The van der Waals surface area contributed by atoms with E-state index < -0.39 is 12.0 Å². The largest absolute Gasteiger partial charge is 0.497 e. The van der Waals surface area contributed by atoms with Crippen LogP contribution in [0.3, 0.4) is 0 Å². The van der Waals surface area contributed by atoms with E-state index in [0.29, 0.717) is 56.9 Å². The van der Waals surface area contributed by atoms with Crippen LogP contribution in [0.15, 0.2) is 36.4 Å². The fraction of sp³-hybridized carbons (Fsp3) is 0.464. The Morgan fingerprint density at radius 2 is 1.95 bits per heavy atom. The van der Waals surface area contributed by atoms with E-state index in [4.69, 9.17) is 19.4 Å². The lowest BCUT2D eigenvalue weighted by molar-refractivity contribution is -0.129. The summed E-state index contributed by atoms with van der Waals surface area (Å²) in [5.41, 5.74) is 4.98. The zero-order chi connectivity index (χ0) is 27.3. The van der Waals surface area contributed by atoms with Crippen molar-refractivity contribution in [3.63, 3.8) is 0 Å². The monoisotopic (exact) mass is 527 g/mol. The molecule has 0 radical (unpaired) electrons. The van der Waals surface area contributed by atoms with Crippen molar-refractivity contribution in [2.24, 2.45) is 0 Å². The van der Waals surface area contributed by atoms with Crippen molar-refractivity contribution in [1.29, 1.82) is 0 Å². The number of ether oxygens (including phenoxy) is 3. The number of anilines is 1. The van der Waals surface area contributed by atoms with Gasteiger partial charge in [-0.25, -0.2) is 5.48 Å². The molecule has 1 heterocycles. The maximum atomic E-state index is 13.3. The van der Waals surface area contributed by atoms with Gasteiger partial charge in [-0.05, 0) is 66.6 Å². The van der Waals surface area contributed by atoms with Crippen LogP contribution < -0.4 is 25.6 Å². The van der Waals surface area contributed by atoms with Gasteiger partial charge >= 0.3 is 0 Å². The predicted molar refractivity (Wildman–Crippen MR) is 141 cm³/mol. The van der Waals surface area contributed by atoms with E-state index in [-0.39, 0.29) is 18.2 Å². The number of unbranched alkanes of at least 4 members (excludes halogenated alkanes) is 2. The molecule has 0 saturated heterocycles. The van der Waals surface area contributed by atoms with E-state index in [1.54, 1.807) is 24.7 Å². The summed E-state index contributed by atoms with van der Waals surface area (Å²) < 4.78 is 17.6. The lowest BCUT2D eigenvalue weighted by Gasteiger charge is -2.21. The Morgan fingerprint density at radius 3 is 2.71 bits per heavy atom. The van der Waals surface area contributed by atoms with Crippen LogP contribution in [0.1, 0.15) is 62.1 Å². The molecule has 0 saturated carbocycles. The van der Waals surface area contributed by atoms with Gasteiger partial charge in [-0.1, -0.05) is 25.0 Å². The molecule has 2 bridgehead atoms. The van der Waals surface area contributed by atoms with E-state index in [2.05, 4.69) is 16.7 Å². The fourth-order valence-electron chi connectivity index (χ4n) is 4.23. The van der Waals surface area contributed by atoms with Gasteiger partial charge in [0.15, 0.2) is 0 Å². The minimum atomic E-state index is -0.683. The second kappa shape index (κ2) is 14.9. The lowest BCUT2D eigenvalue weighted by Crippen LogP contribution is -2.31. The summed E-state index contributed by atoms with van der Waals surface area (Å²) in [6, 6.07) is 11.4. The maximum Gasteiger partial charge on any atom is 0.253 e. The molecular formula is C28H37N3O7. The quantitative estimate of drug-likeness (QED) is 0.222. The van der Waals surface area contributed by atoms with Gasteiger partial charge in [0.1, 0.15) is 24.2 Å². The number of carbonyl (C=O) groups is 3. The molecule has 2 aromatic carbocycles. The molecule has 0 spiro atoms.